The minimum atomic E-state index is -1.82. The molecular weight excluding hydrogens is 740 g/mol. The molecule has 57 heavy (non-hydrogen) atoms. The molecule has 5 aliphatic carbocycles. The molecule has 0 aromatic carbocycles. The van der Waals surface area contributed by atoms with Crippen LogP contribution in [0.15, 0.2) is 11.6 Å². The average molecular weight is 809 g/mol. The molecule has 6 fully saturated rings. The first-order valence-corrected chi connectivity index (χ1v) is 21.2. The summed E-state index contributed by atoms with van der Waals surface area (Å²) in [5.74, 6) is -0.993. The van der Waals surface area contributed by atoms with Gasteiger partial charge in [-0.2, -0.15) is 0 Å². The van der Waals surface area contributed by atoms with Crippen molar-refractivity contribution in [2.24, 2.45) is 50.2 Å². The van der Waals surface area contributed by atoms with Gasteiger partial charge in [-0.3, -0.25) is 4.79 Å². The van der Waals surface area contributed by atoms with Crippen molar-refractivity contribution in [3.8, 4) is 0 Å². The summed E-state index contributed by atoms with van der Waals surface area (Å²) >= 11 is 0. The minimum absolute atomic E-state index is 0.0316. The summed E-state index contributed by atoms with van der Waals surface area (Å²) < 4.78 is 28.9. The molecule has 2 aliphatic heterocycles. The number of carbonyl (C=O) groups is 2. The summed E-state index contributed by atoms with van der Waals surface area (Å²) in [7, 11) is 1.13. The summed E-state index contributed by atoms with van der Waals surface area (Å²) in [5.41, 5.74) is 0.0788. The van der Waals surface area contributed by atoms with Gasteiger partial charge in [0, 0.05) is 0 Å². The lowest BCUT2D eigenvalue weighted by molar-refractivity contribution is -0.365. The molecule has 0 amide bonds. The van der Waals surface area contributed by atoms with Crippen LogP contribution >= 0.6 is 0 Å². The fourth-order valence-electron chi connectivity index (χ4n) is 13.8. The Morgan fingerprint density at radius 2 is 1.44 bits per heavy atom. The number of rotatable bonds is 7. The van der Waals surface area contributed by atoms with E-state index in [-0.39, 0.29) is 33.5 Å². The van der Waals surface area contributed by atoms with Gasteiger partial charge in [0.25, 0.3) is 0 Å². The molecular formula is C43H68O14. The molecule has 18 atom stereocenters. The van der Waals surface area contributed by atoms with E-state index in [1.807, 2.05) is 0 Å². The third-order valence-electron chi connectivity index (χ3n) is 17.4. The first-order valence-electron chi connectivity index (χ1n) is 21.2. The summed E-state index contributed by atoms with van der Waals surface area (Å²) in [5, 5.41) is 74.6. The van der Waals surface area contributed by atoms with Crippen LogP contribution in [-0.2, 0) is 33.3 Å². The number of fused-ring (bicyclic) bond motifs is 7. The smallest absolute Gasteiger partial charge is 0.337 e. The molecule has 7 N–H and O–H groups in total. The van der Waals surface area contributed by atoms with E-state index in [9.17, 15) is 45.3 Å². The largest absolute Gasteiger partial charge is 0.481 e. The maximum atomic E-state index is 13.1. The van der Waals surface area contributed by atoms with Crippen LogP contribution in [-0.4, -0.2) is 129 Å². The lowest BCUT2D eigenvalue weighted by atomic mass is 9.33. The van der Waals surface area contributed by atoms with Crippen LogP contribution in [0.3, 0.4) is 0 Å². The monoisotopic (exact) mass is 808 g/mol. The highest BCUT2D eigenvalue weighted by Crippen LogP contribution is 2.76. The number of allylic oxidation sites excluding steroid dienone is 2. The average Bonchev–Trinajstić information content (AvgIpc) is 3.14. The number of hydrogen-bond donors (Lipinski definition) is 7. The molecule has 14 nitrogen and oxygen atoms in total. The Morgan fingerprint density at radius 3 is 2.09 bits per heavy atom. The number of carboxylic acid groups (broad SMARTS) is 1. The van der Waals surface area contributed by atoms with E-state index in [2.05, 4.69) is 54.5 Å². The van der Waals surface area contributed by atoms with E-state index in [1.165, 1.54) is 5.57 Å². The van der Waals surface area contributed by atoms with Gasteiger partial charge in [0.1, 0.15) is 42.7 Å². The summed E-state index contributed by atoms with van der Waals surface area (Å²) in [6, 6.07) is 0. The van der Waals surface area contributed by atoms with Crippen LogP contribution in [0, 0.1) is 50.2 Å². The van der Waals surface area contributed by atoms with Crippen molar-refractivity contribution < 1.29 is 69.0 Å². The fourth-order valence-corrected chi connectivity index (χ4v) is 13.8. The molecule has 0 spiro atoms. The third-order valence-corrected chi connectivity index (χ3v) is 17.4. The highest BCUT2D eigenvalue weighted by Gasteiger charge is 2.70. The molecule has 0 unspecified atom stereocenters. The van der Waals surface area contributed by atoms with E-state index in [0.29, 0.717) is 18.8 Å². The Labute approximate surface area is 336 Å². The number of aliphatic hydroxyl groups is 6. The van der Waals surface area contributed by atoms with Crippen LogP contribution in [0.4, 0.5) is 0 Å². The number of esters is 1. The molecule has 0 aromatic heterocycles. The Kier molecular flexibility index (Phi) is 11.2. The zero-order chi connectivity index (χ0) is 41.8. The predicted octanol–water partition coefficient (Wildman–Crippen LogP) is 3.06. The molecule has 7 aliphatic rings. The van der Waals surface area contributed by atoms with Gasteiger partial charge in [0.15, 0.2) is 18.7 Å². The molecule has 0 radical (unpaired) electrons. The Balaban J connectivity index is 1.13. The van der Waals surface area contributed by atoms with E-state index in [0.717, 1.165) is 58.5 Å². The topological polar surface area (TPSA) is 222 Å². The Morgan fingerprint density at radius 1 is 0.772 bits per heavy atom. The zero-order valence-corrected chi connectivity index (χ0v) is 34.9. The van der Waals surface area contributed by atoms with Crippen molar-refractivity contribution in [1.82, 2.24) is 0 Å². The lowest BCUT2D eigenvalue weighted by Gasteiger charge is -2.71. The van der Waals surface area contributed by atoms with Crippen molar-refractivity contribution in [2.75, 3.05) is 13.7 Å². The standard InChI is InChI=1S/C43H68O14/c1-38(2)15-17-43(37(51)52)18-16-41(6)21(22(43)19-38)9-10-25-40(5)13-12-26(39(3,4)24(40)11-14-42(25,41)7)55-36-31(49)32(30(48)33(57-36)34(50)53-8)56-35-29(47)28(46)27(45)23(20-44)54-35/h9,22-33,35-36,44-49H,10-20H2,1-8H3,(H,51,52)/t22-,23-,24-,25+,26-,27+,28+,29-,30-,31+,32-,33-,35+,36+,40-,41+,42+,43-/m0/s1. The number of carbonyl (C=O) groups excluding carboxylic acids is 1. The number of aliphatic hydroxyl groups excluding tert-OH is 6. The molecule has 324 valence electrons. The highest BCUT2D eigenvalue weighted by atomic mass is 16.7. The molecule has 0 aromatic rings. The van der Waals surface area contributed by atoms with Gasteiger partial charge in [-0.1, -0.05) is 60.1 Å². The quantitative estimate of drug-likeness (QED) is 0.112. The molecule has 4 saturated carbocycles. The summed E-state index contributed by atoms with van der Waals surface area (Å²) in [4.78, 5) is 26.0. The fraction of sp³-hybridized carbons (Fsp3) is 0.907. The molecule has 2 heterocycles. The van der Waals surface area contributed by atoms with Gasteiger partial charge in [0.05, 0.1) is 25.2 Å². The molecule has 2 saturated heterocycles. The summed E-state index contributed by atoms with van der Waals surface area (Å²) in [6.07, 6.45) is -6.08. The minimum Gasteiger partial charge on any atom is -0.481 e. The van der Waals surface area contributed by atoms with E-state index < -0.39 is 96.9 Å². The van der Waals surface area contributed by atoms with Gasteiger partial charge in [0.2, 0.25) is 0 Å². The van der Waals surface area contributed by atoms with Crippen molar-refractivity contribution >= 4 is 11.9 Å². The van der Waals surface area contributed by atoms with Crippen molar-refractivity contribution in [3.63, 3.8) is 0 Å². The van der Waals surface area contributed by atoms with Gasteiger partial charge < -0.3 is 59.4 Å². The molecule has 0 bridgehead atoms. The lowest BCUT2D eigenvalue weighted by Crippen LogP contribution is -2.67. The first kappa shape index (κ1) is 43.4. The van der Waals surface area contributed by atoms with Crippen LogP contribution in [0.2, 0.25) is 0 Å². The number of hydrogen-bond acceptors (Lipinski definition) is 13. The van der Waals surface area contributed by atoms with Crippen LogP contribution in [0.25, 0.3) is 0 Å². The highest BCUT2D eigenvalue weighted by molar-refractivity contribution is 5.77. The second-order valence-electron chi connectivity index (χ2n) is 20.9. The second kappa shape index (κ2) is 14.7. The Hall–Kier alpha value is -1.72. The number of methoxy groups -OCH3 is 1. The van der Waals surface area contributed by atoms with Gasteiger partial charge in [-0.05, 0) is 109 Å². The molecule has 7 rings (SSSR count). The first-order chi connectivity index (χ1) is 26.5. The zero-order valence-electron chi connectivity index (χ0n) is 34.9. The van der Waals surface area contributed by atoms with Gasteiger partial charge in [-0.15, -0.1) is 0 Å². The number of aliphatic carboxylic acids is 1. The van der Waals surface area contributed by atoms with Crippen molar-refractivity contribution in [3.05, 3.63) is 11.6 Å². The van der Waals surface area contributed by atoms with Crippen molar-refractivity contribution in [2.45, 2.75) is 180 Å². The third kappa shape index (κ3) is 6.48. The predicted molar refractivity (Wildman–Crippen MR) is 203 cm³/mol. The van der Waals surface area contributed by atoms with Crippen LogP contribution < -0.4 is 0 Å². The second-order valence-corrected chi connectivity index (χ2v) is 20.9. The van der Waals surface area contributed by atoms with Gasteiger partial charge >= 0.3 is 11.9 Å². The van der Waals surface area contributed by atoms with E-state index >= 15 is 0 Å². The van der Waals surface area contributed by atoms with Crippen molar-refractivity contribution in [1.29, 1.82) is 0 Å². The maximum absolute atomic E-state index is 13.1. The summed E-state index contributed by atoms with van der Waals surface area (Å²) in [6.45, 7) is 15.6. The van der Waals surface area contributed by atoms with Crippen LogP contribution in [0.1, 0.15) is 113 Å². The number of carboxylic acids is 1. The van der Waals surface area contributed by atoms with Crippen LogP contribution in [0.5, 0.6) is 0 Å². The van der Waals surface area contributed by atoms with Gasteiger partial charge in [-0.25, -0.2) is 4.79 Å². The maximum Gasteiger partial charge on any atom is 0.337 e. The molecule has 14 heteroatoms. The Bertz CT molecular complexity index is 1580. The SMILES string of the molecule is COC(=O)[C@H]1O[C@@H](O[C@H]2CC[C@]3(C)[C@H]4CC=C5[C@@H]6CC(C)(C)CC[C@]6(C(=O)O)CC[C@@]5(C)[C@]4(C)CC[C@H]3C2(C)C)[C@H](O)[C@@H](O[C@H]2O[C@@H](CO)[C@@H](O)[C@@H](O)[C@@H]2O)[C@@H]1O. The van der Waals surface area contributed by atoms with E-state index in [1.54, 1.807) is 0 Å². The number of ether oxygens (including phenoxy) is 5. The van der Waals surface area contributed by atoms with E-state index in [4.69, 9.17) is 23.7 Å². The normalized spacial score (nSPS) is 51.6.